The molecule has 1 amide bonds. The highest BCUT2D eigenvalue weighted by Crippen LogP contribution is 2.18. The number of hydrogen-bond donors (Lipinski definition) is 0. The summed E-state index contributed by atoms with van der Waals surface area (Å²) < 4.78 is 52.3. The number of benzene rings is 2. The van der Waals surface area contributed by atoms with Gasteiger partial charge in [-0.1, -0.05) is 12.1 Å². The molecule has 1 aliphatic rings. The number of rotatable bonds is 4. The Morgan fingerprint density at radius 2 is 1.35 bits per heavy atom. The van der Waals surface area contributed by atoms with Gasteiger partial charge in [0.2, 0.25) is 15.9 Å². The SMILES string of the molecule is O=C(Cc1ccc(F)cc1)N1CCN(S(=O)(=O)c2ccc(F)cc2)CC1. The van der Waals surface area contributed by atoms with Crippen molar-refractivity contribution in [2.24, 2.45) is 0 Å². The van der Waals surface area contributed by atoms with Crippen LogP contribution in [0.5, 0.6) is 0 Å². The van der Waals surface area contributed by atoms with Gasteiger partial charge in [0.25, 0.3) is 0 Å². The monoisotopic (exact) mass is 380 g/mol. The second-order valence-electron chi connectivity index (χ2n) is 6.04. The maximum Gasteiger partial charge on any atom is 0.243 e. The fourth-order valence-electron chi connectivity index (χ4n) is 2.82. The van der Waals surface area contributed by atoms with Crippen molar-refractivity contribution in [3.05, 3.63) is 65.7 Å². The van der Waals surface area contributed by atoms with E-state index >= 15 is 0 Å². The highest BCUT2D eigenvalue weighted by molar-refractivity contribution is 7.89. The molecule has 0 bridgehead atoms. The van der Waals surface area contributed by atoms with Crippen molar-refractivity contribution in [3.63, 3.8) is 0 Å². The average molecular weight is 380 g/mol. The van der Waals surface area contributed by atoms with E-state index in [1.165, 1.54) is 28.6 Å². The minimum absolute atomic E-state index is 0.0324. The van der Waals surface area contributed by atoms with Gasteiger partial charge in [-0.05, 0) is 42.0 Å². The summed E-state index contributed by atoms with van der Waals surface area (Å²) in [5.74, 6) is -0.989. The molecule has 5 nitrogen and oxygen atoms in total. The van der Waals surface area contributed by atoms with E-state index in [9.17, 15) is 22.0 Å². The maximum absolute atomic E-state index is 13.0. The lowest BCUT2D eigenvalue weighted by molar-refractivity contribution is -0.131. The summed E-state index contributed by atoms with van der Waals surface area (Å²) in [5.41, 5.74) is 0.706. The van der Waals surface area contributed by atoms with Crippen molar-refractivity contribution in [1.29, 1.82) is 0 Å². The molecule has 138 valence electrons. The van der Waals surface area contributed by atoms with Gasteiger partial charge in [0.05, 0.1) is 11.3 Å². The van der Waals surface area contributed by atoms with Gasteiger partial charge in [-0.3, -0.25) is 4.79 Å². The fraction of sp³-hybridized carbons (Fsp3) is 0.278. The van der Waals surface area contributed by atoms with Crippen molar-refractivity contribution < 1.29 is 22.0 Å². The number of amides is 1. The molecule has 2 aromatic carbocycles. The van der Waals surface area contributed by atoms with Crippen molar-refractivity contribution in [2.75, 3.05) is 26.2 Å². The second-order valence-corrected chi connectivity index (χ2v) is 7.98. The van der Waals surface area contributed by atoms with Gasteiger partial charge in [-0.2, -0.15) is 4.31 Å². The molecule has 8 heteroatoms. The molecule has 26 heavy (non-hydrogen) atoms. The van der Waals surface area contributed by atoms with Gasteiger partial charge in [-0.25, -0.2) is 17.2 Å². The molecule has 1 aliphatic heterocycles. The third-order valence-electron chi connectivity index (χ3n) is 4.31. The zero-order valence-electron chi connectivity index (χ0n) is 13.9. The Morgan fingerprint density at radius 1 is 0.846 bits per heavy atom. The van der Waals surface area contributed by atoms with Gasteiger partial charge < -0.3 is 4.90 Å². The van der Waals surface area contributed by atoms with Crippen molar-refractivity contribution >= 4 is 15.9 Å². The number of piperazine rings is 1. The molecular weight excluding hydrogens is 362 g/mol. The van der Waals surface area contributed by atoms with Crippen molar-refractivity contribution in [3.8, 4) is 0 Å². The van der Waals surface area contributed by atoms with Crippen LogP contribution in [-0.4, -0.2) is 49.7 Å². The lowest BCUT2D eigenvalue weighted by Crippen LogP contribution is -2.50. The van der Waals surface area contributed by atoms with Gasteiger partial charge in [0.1, 0.15) is 11.6 Å². The predicted molar refractivity (Wildman–Crippen MR) is 91.8 cm³/mol. The number of hydrogen-bond acceptors (Lipinski definition) is 3. The minimum atomic E-state index is -3.70. The summed E-state index contributed by atoms with van der Waals surface area (Å²) in [6.45, 7) is 0.907. The molecule has 1 saturated heterocycles. The Morgan fingerprint density at radius 3 is 1.88 bits per heavy atom. The summed E-state index contributed by atoms with van der Waals surface area (Å²) in [5, 5.41) is 0. The Hall–Kier alpha value is -2.32. The number of sulfonamides is 1. The second kappa shape index (κ2) is 7.51. The molecule has 0 aliphatic carbocycles. The van der Waals surface area contributed by atoms with Crippen LogP contribution in [0.1, 0.15) is 5.56 Å². The van der Waals surface area contributed by atoms with E-state index in [0.29, 0.717) is 5.56 Å². The number of carbonyl (C=O) groups is 1. The van der Waals surface area contributed by atoms with E-state index in [4.69, 9.17) is 0 Å². The van der Waals surface area contributed by atoms with Crippen LogP contribution in [0.3, 0.4) is 0 Å². The standard InChI is InChI=1S/C18H18F2N2O3S/c19-15-3-1-14(2-4-15)13-18(23)21-9-11-22(12-10-21)26(24,25)17-7-5-16(20)6-8-17/h1-8H,9-13H2. The van der Waals surface area contributed by atoms with Crippen LogP contribution in [0.2, 0.25) is 0 Å². The molecule has 1 heterocycles. The molecule has 1 fully saturated rings. The molecule has 3 rings (SSSR count). The Bertz CT molecular complexity index is 876. The molecule has 0 saturated carbocycles. The zero-order chi connectivity index (χ0) is 18.7. The largest absolute Gasteiger partial charge is 0.340 e. The topological polar surface area (TPSA) is 57.7 Å². The van der Waals surface area contributed by atoms with Crippen molar-refractivity contribution in [1.82, 2.24) is 9.21 Å². The first kappa shape index (κ1) is 18.5. The lowest BCUT2D eigenvalue weighted by atomic mass is 10.1. The van der Waals surface area contributed by atoms with Crippen LogP contribution in [0.15, 0.2) is 53.4 Å². The van der Waals surface area contributed by atoms with Crippen LogP contribution in [-0.2, 0) is 21.2 Å². The first-order valence-electron chi connectivity index (χ1n) is 8.14. The zero-order valence-corrected chi connectivity index (χ0v) is 14.8. The molecular formula is C18H18F2N2O3S. The van der Waals surface area contributed by atoms with E-state index in [-0.39, 0.29) is 49.2 Å². The third-order valence-corrected chi connectivity index (χ3v) is 6.22. The van der Waals surface area contributed by atoms with Crippen LogP contribution in [0, 0.1) is 11.6 Å². The first-order chi connectivity index (χ1) is 12.4. The summed E-state index contributed by atoms with van der Waals surface area (Å²) in [6.07, 6.45) is 0.144. The van der Waals surface area contributed by atoms with Gasteiger partial charge in [-0.15, -0.1) is 0 Å². The van der Waals surface area contributed by atoms with E-state index in [2.05, 4.69) is 0 Å². The molecule has 2 aromatic rings. The number of halogens is 2. The molecule has 0 spiro atoms. The van der Waals surface area contributed by atoms with Crippen molar-refractivity contribution in [2.45, 2.75) is 11.3 Å². The molecule has 0 atom stereocenters. The van der Waals surface area contributed by atoms with Gasteiger partial charge in [0, 0.05) is 26.2 Å². The molecule has 0 radical (unpaired) electrons. The fourth-order valence-corrected chi connectivity index (χ4v) is 4.24. The highest BCUT2D eigenvalue weighted by Gasteiger charge is 2.30. The Balaban J connectivity index is 1.60. The lowest BCUT2D eigenvalue weighted by Gasteiger charge is -2.34. The van der Waals surface area contributed by atoms with E-state index in [0.717, 1.165) is 12.1 Å². The highest BCUT2D eigenvalue weighted by atomic mass is 32.2. The average Bonchev–Trinajstić information content (AvgIpc) is 2.64. The normalized spacial score (nSPS) is 15.8. The predicted octanol–water partition coefficient (Wildman–Crippen LogP) is 2.04. The summed E-state index contributed by atoms with van der Waals surface area (Å²) in [6, 6.07) is 10.4. The maximum atomic E-state index is 13.0. The van der Waals surface area contributed by atoms with Crippen LogP contribution in [0.25, 0.3) is 0 Å². The summed E-state index contributed by atoms with van der Waals surface area (Å²) in [7, 11) is -3.70. The molecule has 0 N–H and O–H groups in total. The van der Waals surface area contributed by atoms with Gasteiger partial charge in [0.15, 0.2) is 0 Å². The van der Waals surface area contributed by atoms with Crippen LogP contribution >= 0.6 is 0 Å². The number of nitrogens with zero attached hydrogens (tertiary/aromatic N) is 2. The van der Waals surface area contributed by atoms with Crippen LogP contribution < -0.4 is 0 Å². The summed E-state index contributed by atoms with van der Waals surface area (Å²) >= 11 is 0. The van der Waals surface area contributed by atoms with E-state index in [1.54, 1.807) is 17.0 Å². The van der Waals surface area contributed by atoms with Crippen LogP contribution in [0.4, 0.5) is 8.78 Å². The Labute approximate surface area is 150 Å². The smallest absolute Gasteiger partial charge is 0.243 e. The van der Waals surface area contributed by atoms with Gasteiger partial charge >= 0.3 is 0 Å². The molecule has 0 unspecified atom stereocenters. The molecule has 0 aromatic heterocycles. The number of carbonyl (C=O) groups excluding carboxylic acids is 1. The Kier molecular flexibility index (Phi) is 5.33. The first-order valence-corrected chi connectivity index (χ1v) is 9.58. The third kappa shape index (κ3) is 4.08. The van der Waals surface area contributed by atoms with E-state index in [1.807, 2.05) is 0 Å². The minimum Gasteiger partial charge on any atom is -0.340 e. The summed E-state index contributed by atoms with van der Waals surface area (Å²) in [4.78, 5) is 14.0. The quantitative estimate of drug-likeness (QED) is 0.816. The van der Waals surface area contributed by atoms with E-state index < -0.39 is 15.8 Å².